The number of furan rings is 1. The van der Waals surface area contributed by atoms with Crippen molar-refractivity contribution in [1.82, 2.24) is 0 Å². The van der Waals surface area contributed by atoms with Crippen molar-refractivity contribution in [3.63, 3.8) is 0 Å². The molecular formula is C9H10BrNO4. The normalized spacial score (nSPS) is 16.7. The summed E-state index contributed by atoms with van der Waals surface area (Å²) >= 11 is 3.28. The van der Waals surface area contributed by atoms with Gasteiger partial charge in [0.1, 0.15) is 0 Å². The van der Waals surface area contributed by atoms with E-state index in [0.29, 0.717) is 36.7 Å². The number of rotatable bonds is 2. The third-order valence-corrected chi connectivity index (χ3v) is 2.75. The molecule has 1 aliphatic rings. The molecule has 1 aromatic rings. The molecule has 1 N–H and O–H groups in total. The minimum atomic E-state index is -1.06. The van der Waals surface area contributed by atoms with Gasteiger partial charge in [-0.05, 0) is 15.9 Å². The van der Waals surface area contributed by atoms with E-state index in [1.165, 1.54) is 6.07 Å². The highest BCUT2D eigenvalue weighted by molar-refractivity contribution is 9.10. The zero-order chi connectivity index (χ0) is 10.8. The van der Waals surface area contributed by atoms with Crippen LogP contribution in [0.25, 0.3) is 0 Å². The van der Waals surface area contributed by atoms with E-state index in [2.05, 4.69) is 15.9 Å². The number of halogens is 1. The summed E-state index contributed by atoms with van der Waals surface area (Å²) < 4.78 is 11.1. The smallest absolute Gasteiger partial charge is 0.371 e. The van der Waals surface area contributed by atoms with Crippen LogP contribution in [0.15, 0.2) is 15.0 Å². The third kappa shape index (κ3) is 2.15. The summed E-state index contributed by atoms with van der Waals surface area (Å²) in [7, 11) is 0. The molecule has 1 saturated heterocycles. The van der Waals surface area contributed by atoms with Gasteiger partial charge in [0.2, 0.25) is 11.6 Å². The average molecular weight is 276 g/mol. The Bertz CT molecular complexity index is 370. The van der Waals surface area contributed by atoms with Crippen LogP contribution in [0.1, 0.15) is 10.6 Å². The van der Waals surface area contributed by atoms with Crippen LogP contribution < -0.4 is 4.90 Å². The Morgan fingerprint density at radius 2 is 2.13 bits per heavy atom. The van der Waals surface area contributed by atoms with E-state index in [-0.39, 0.29) is 5.76 Å². The van der Waals surface area contributed by atoms with E-state index in [4.69, 9.17) is 14.3 Å². The van der Waals surface area contributed by atoms with Gasteiger partial charge in [0, 0.05) is 19.2 Å². The van der Waals surface area contributed by atoms with E-state index >= 15 is 0 Å². The highest BCUT2D eigenvalue weighted by Crippen LogP contribution is 2.30. The molecule has 0 aliphatic carbocycles. The molecule has 2 rings (SSSR count). The standard InChI is InChI=1S/C9H10BrNO4/c10-6-5-7(9(12)13)15-8(6)11-1-3-14-4-2-11/h5H,1-4H2,(H,12,13). The molecule has 1 fully saturated rings. The fourth-order valence-corrected chi connectivity index (χ4v) is 1.99. The number of morpholine rings is 1. The second-order valence-corrected chi connectivity index (χ2v) is 4.02. The van der Waals surface area contributed by atoms with Gasteiger partial charge in [-0.1, -0.05) is 0 Å². The number of aromatic carboxylic acids is 1. The zero-order valence-electron chi connectivity index (χ0n) is 7.90. The van der Waals surface area contributed by atoms with E-state index in [0.717, 1.165) is 0 Å². The zero-order valence-corrected chi connectivity index (χ0v) is 9.49. The molecule has 0 aromatic carbocycles. The van der Waals surface area contributed by atoms with Crippen LogP contribution in [-0.4, -0.2) is 37.4 Å². The van der Waals surface area contributed by atoms with E-state index in [1.54, 1.807) is 0 Å². The van der Waals surface area contributed by atoms with Gasteiger partial charge in [-0.15, -0.1) is 0 Å². The lowest BCUT2D eigenvalue weighted by atomic mass is 10.4. The molecule has 0 saturated carbocycles. The van der Waals surface area contributed by atoms with Crippen LogP contribution in [0.5, 0.6) is 0 Å². The van der Waals surface area contributed by atoms with Gasteiger partial charge in [-0.2, -0.15) is 0 Å². The third-order valence-electron chi connectivity index (χ3n) is 2.18. The van der Waals surface area contributed by atoms with Gasteiger partial charge in [-0.3, -0.25) is 0 Å². The molecule has 1 aliphatic heterocycles. The van der Waals surface area contributed by atoms with Crippen LogP contribution in [0.4, 0.5) is 5.88 Å². The van der Waals surface area contributed by atoms with E-state index in [1.807, 2.05) is 4.90 Å². The largest absolute Gasteiger partial charge is 0.475 e. The molecule has 0 unspecified atom stereocenters. The lowest BCUT2D eigenvalue weighted by Crippen LogP contribution is -2.36. The predicted octanol–water partition coefficient (Wildman–Crippen LogP) is 1.58. The molecule has 6 heteroatoms. The van der Waals surface area contributed by atoms with Crippen molar-refractivity contribution >= 4 is 27.8 Å². The van der Waals surface area contributed by atoms with Crippen LogP contribution >= 0.6 is 15.9 Å². The number of carboxylic acids is 1. The van der Waals surface area contributed by atoms with Crippen LogP contribution in [0, 0.1) is 0 Å². The van der Waals surface area contributed by atoms with Gasteiger partial charge < -0.3 is 19.2 Å². The van der Waals surface area contributed by atoms with Crippen LogP contribution in [0.3, 0.4) is 0 Å². The van der Waals surface area contributed by atoms with Crippen molar-refractivity contribution in [2.45, 2.75) is 0 Å². The highest BCUT2D eigenvalue weighted by Gasteiger charge is 2.20. The fourth-order valence-electron chi connectivity index (χ4n) is 1.45. The minimum absolute atomic E-state index is 0.0524. The first-order valence-electron chi connectivity index (χ1n) is 4.54. The Morgan fingerprint density at radius 1 is 1.47 bits per heavy atom. The molecule has 0 amide bonds. The summed E-state index contributed by atoms with van der Waals surface area (Å²) in [6, 6.07) is 1.47. The van der Waals surface area contributed by atoms with Gasteiger partial charge in [0.15, 0.2) is 0 Å². The summed E-state index contributed by atoms with van der Waals surface area (Å²) in [6.45, 7) is 2.70. The Morgan fingerprint density at radius 3 is 2.67 bits per heavy atom. The highest BCUT2D eigenvalue weighted by atomic mass is 79.9. The number of carboxylic acid groups (broad SMARTS) is 1. The molecule has 5 nitrogen and oxygen atoms in total. The van der Waals surface area contributed by atoms with Crippen molar-refractivity contribution in [2.75, 3.05) is 31.2 Å². The van der Waals surface area contributed by atoms with Gasteiger partial charge in [0.25, 0.3) is 0 Å². The first-order valence-corrected chi connectivity index (χ1v) is 5.33. The topological polar surface area (TPSA) is 62.9 Å². The molecule has 1 aromatic heterocycles. The van der Waals surface area contributed by atoms with Gasteiger partial charge >= 0.3 is 5.97 Å². The fraction of sp³-hybridized carbons (Fsp3) is 0.444. The quantitative estimate of drug-likeness (QED) is 0.888. The number of anilines is 1. The first-order chi connectivity index (χ1) is 7.18. The van der Waals surface area contributed by atoms with Crippen molar-refractivity contribution < 1.29 is 19.1 Å². The SMILES string of the molecule is O=C(O)c1cc(Br)c(N2CCOCC2)o1. The summed E-state index contributed by atoms with van der Waals surface area (Å²) in [5, 5.41) is 8.76. The number of hydrogen-bond donors (Lipinski definition) is 1. The summed E-state index contributed by atoms with van der Waals surface area (Å²) in [6.07, 6.45) is 0. The summed E-state index contributed by atoms with van der Waals surface area (Å²) in [5.74, 6) is -0.547. The molecule has 15 heavy (non-hydrogen) atoms. The maximum atomic E-state index is 10.7. The Hall–Kier alpha value is -1.01. The van der Waals surface area contributed by atoms with Crippen molar-refractivity contribution in [3.8, 4) is 0 Å². The molecule has 0 bridgehead atoms. The molecule has 2 heterocycles. The Kier molecular flexibility index (Phi) is 2.97. The lowest BCUT2D eigenvalue weighted by Gasteiger charge is -2.26. The Labute approximate surface area is 94.7 Å². The summed E-state index contributed by atoms with van der Waals surface area (Å²) in [5.41, 5.74) is 0. The van der Waals surface area contributed by atoms with E-state index < -0.39 is 5.97 Å². The second kappa shape index (κ2) is 4.24. The molecular weight excluding hydrogens is 266 g/mol. The number of hydrogen-bond acceptors (Lipinski definition) is 4. The second-order valence-electron chi connectivity index (χ2n) is 3.17. The average Bonchev–Trinajstić information content (AvgIpc) is 2.62. The number of nitrogens with zero attached hydrogens (tertiary/aromatic N) is 1. The van der Waals surface area contributed by atoms with Crippen molar-refractivity contribution in [1.29, 1.82) is 0 Å². The van der Waals surface area contributed by atoms with Gasteiger partial charge in [-0.25, -0.2) is 4.79 Å². The van der Waals surface area contributed by atoms with Gasteiger partial charge in [0.05, 0.1) is 17.7 Å². The van der Waals surface area contributed by atoms with E-state index in [9.17, 15) is 4.79 Å². The first kappa shape index (κ1) is 10.5. The lowest BCUT2D eigenvalue weighted by molar-refractivity contribution is 0.0662. The Balaban J connectivity index is 2.22. The minimum Gasteiger partial charge on any atom is -0.475 e. The number of ether oxygens (including phenoxy) is 1. The molecule has 0 atom stereocenters. The van der Waals surface area contributed by atoms with Crippen molar-refractivity contribution in [2.24, 2.45) is 0 Å². The summed E-state index contributed by atoms with van der Waals surface area (Å²) in [4.78, 5) is 12.6. The maximum Gasteiger partial charge on any atom is 0.371 e. The monoisotopic (exact) mass is 275 g/mol. The van der Waals surface area contributed by atoms with Crippen molar-refractivity contribution in [3.05, 3.63) is 16.3 Å². The predicted molar refractivity (Wildman–Crippen MR) is 56.4 cm³/mol. The maximum absolute atomic E-state index is 10.7. The molecule has 0 radical (unpaired) electrons. The molecule has 0 spiro atoms. The van der Waals surface area contributed by atoms with Crippen LogP contribution in [-0.2, 0) is 4.74 Å². The number of carbonyl (C=O) groups is 1. The molecule has 82 valence electrons. The van der Waals surface area contributed by atoms with Crippen LogP contribution in [0.2, 0.25) is 0 Å².